The first-order valence-electron chi connectivity index (χ1n) is 2.31. The van der Waals surface area contributed by atoms with Crippen LogP contribution in [0.1, 0.15) is 5.56 Å². The highest BCUT2D eigenvalue weighted by molar-refractivity contribution is 9.12. The predicted molar refractivity (Wildman–Crippen MR) is 49.8 cm³/mol. The van der Waals surface area contributed by atoms with E-state index in [2.05, 4.69) is 38.4 Å². The molecule has 1 rings (SSSR count). The summed E-state index contributed by atoms with van der Waals surface area (Å²) in [4.78, 5) is 0. The van der Waals surface area contributed by atoms with Gasteiger partial charge < -0.3 is 0 Å². The molecule has 0 saturated heterocycles. The number of hydrogen-bond acceptors (Lipinski definition) is 1. The zero-order valence-corrected chi connectivity index (χ0v) is 8.51. The maximum absolute atomic E-state index is 3.66. The SMILES string of the molecule is C=Cc1cc(Br)sc1Br. The largest absolute Gasteiger partial charge is 0.121 e. The van der Waals surface area contributed by atoms with Crippen molar-refractivity contribution in [3.8, 4) is 0 Å². The highest BCUT2D eigenvalue weighted by Gasteiger charge is 1.99. The Labute approximate surface area is 74.8 Å². The summed E-state index contributed by atoms with van der Waals surface area (Å²) in [6, 6.07) is 2.03. The van der Waals surface area contributed by atoms with Crippen LogP contribution in [0.15, 0.2) is 20.2 Å². The number of hydrogen-bond donors (Lipinski definition) is 0. The van der Waals surface area contributed by atoms with Crippen molar-refractivity contribution in [3.05, 3.63) is 25.8 Å². The molecule has 48 valence electrons. The van der Waals surface area contributed by atoms with Crippen LogP contribution in [0.4, 0.5) is 0 Å². The Bertz CT molecular complexity index is 227. The van der Waals surface area contributed by atoms with Gasteiger partial charge in [0.2, 0.25) is 0 Å². The molecule has 0 atom stereocenters. The average Bonchev–Trinajstić information content (AvgIpc) is 2.10. The van der Waals surface area contributed by atoms with Gasteiger partial charge in [-0.25, -0.2) is 0 Å². The maximum atomic E-state index is 3.66. The summed E-state index contributed by atoms with van der Waals surface area (Å²) in [7, 11) is 0. The second-order valence-corrected chi connectivity index (χ2v) is 5.23. The fraction of sp³-hybridized carbons (Fsp3) is 0. The van der Waals surface area contributed by atoms with Gasteiger partial charge in [-0.15, -0.1) is 11.3 Å². The van der Waals surface area contributed by atoms with Gasteiger partial charge in [0.25, 0.3) is 0 Å². The van der Waals surface area contributed by atoms with Gasteiger partial charge >= 0.3 is 0 Å². The Kier molecular flexibility index (Phi) is 2.50. The molecule has 3 heteroatoms. The molecule has 0 amide bonds. The molecule has 0 aliphatic carbocycles. The fourth-order valence-electron chi connectivity index (χ4n) is 0.492. The standard InChI is InChI=1S/C6H4Br2S/c1-2-4-3-5(7)9-6(4)8/h2-3H,1H2. The molecule has 0 radical (unpaired) electrons. The van der Waals surface area contributed by atoms with Gasteiger partial charge in [-0.3, -0.25) is 0 Å². The minimum atomic E-state index is 1.13. The Balaban J connectivity index is 3.15. The summed E-state index contributed by atoms with van der Waals surface area (Å²) < 4.78 is 2.26. The van der Waals surface area contributed by atoms with Crippen molar-refractivity contribution < 1.29 is 0 Å². The van der Waals surface area contributed by atoms with Crippen molar-refractivity contribution >= 4 is 49.3 Å². The smallest absolute Gasteiger partial charge is 0.0782 e. The summed E-state index contributed by atoms with van der Waals surface area (Å²) in [5.41, 5.74) is 1.15. The van der Waals surface area contributed by atoms with Crippen molar-refractivity contribution in [1.82, 2.24) is 0 Å². The van der Waals surface area contributed by atoms with Gasteiger partial charge in [0, 0.05) is 5.56 Å². The van der Waals surface area contributed by atoms with E-state index in [-0.39, 0.29) is 0 Å². The summed E-state index contributed by atoms with van der Waals surface area (Å²) in [6.45, 7) is 3.66. The lowest BCUT2D eigenvalue weighted by Gasteiger charge is -1.80. The molecule has 0 nitrogen and oxygen atoms in total. The van der Waals surface area contributed by atoms with E-state index in [0.717, 1.165) is 13.1 Å². The van der Waals surface area contributed by atoms with Crippen LogP contribution in [-0.4, -0.2) is 0 Å². The van der Waals surface area contributed by atoms with E-state index in [0.29, 0.717) is 0 Å². The van der Waals surface area contributed by atoms with Crippen molar-refractivity contribution in [2.24, 2.45) is 0 Å². The van der Waals surface area contributed by atoms with Crippen LogP contribution in [0.3, 0.4) is 0 Å². The first-order chi connectivity index (χ1) is 4.24. The monoisotopic (exact) mass is 266 g/mol. The molecule has 0 aliphatic heterocycles. The van der Waals surface area contributed by atoms with Gasteiger partial charge in [-0.1, -0.05) is 12.7 Å². The lowest BCUT2D eigenvalue weighted by atomic mass is 10.3. The van der Waals surface area contributed by atoms with E-state index in [9.17, 15) is 0 Å². The van der Waals surface area contributed by atoms with E-state index in [4.69, 9.17) is 0 Å². The van der Waals surface area contributed by atoms with Gasteiger partial charge in [-0.05, 0) is 37.9 Å². The number of rotatable bonds is 1. The van der Waals surface area contributed by atoms with E-state index < -0.39 is 0 Å². The van der Waals surface area contributed by atoms with Crippen molar-refractivity contribution in [3.63, 3.8) is 0 Å². The van der Waals surface area contributed by atoms with Crippen molar-refractivity contribution in [2.45, 2.75) is 0 Å². The molecule has 1 heterocycles. The minimum absolute atomic E-state index is 1.13. The van der Waals surface area contributed by atoms with E-state index in [1.54, 1.807) is 11.3 Å². The summed E-state index contributed by atoms with van der Waals surface area (Å²) in [5, 5.41) is 0. The van der Waals surface area contributed by atoms with E-state index in [1.165, 1.54) is 0 Å². The van der Waals surface area contributed by atoms with Crippen LogP contribution in [0, 0.1) is 0 Å². The molecule has 0 fully saturated rings. The molecule has 0 spiro atoms. The molecule has 0 aliphatic rings. The van der Waals surface area contributed by atoms with Crippen LogP contribution >= 0.6 is 43.2 Å². The molecule has 9 heavy (non-hydrogen) atoms. The highest BCUT2D eigenvalue weighted by atomic mass is 79.9. The summed E-state index contributed by atoms with van der Waals surface area (Å²) in [6.07, 6.45) is 1.82. The van der Waals surface area contributed by atoms with Crippen molar-refractivity contribution in [2.75, 3.05) is 0 Å². The average molecular weight is 268 g/mol. The maximum Gasteiger partial charge on any atom is 0.0782 e. The third-order valence-electron chi connectivity index (χ3n) is 0.903. The van der Waals surface area contributed by atoms with Crippen LogP contribution < -0.4 is 0 Å². The second-order valence-electron chi connectivity index (χ2n) is 1.48. The minimum Gasteiger partial charge on any atom is -0.121 e. The highest BCUT2D eigenvalue weighted by Crippen LogP contribution is 2.32. The van der Waals surface area contributed by atoms with E-state index >= 15 is 0 Å². The molecular weight excluding hydrogens is 264 g/mol. The Hall–Kier alpha value is 0.400. The zero-order chi connectivity index (χ0) is 6.85. The first-order valence-corrected chi connectivity index (χ1v) is 4.71. The Morgan fingerprint density at radius 1 is 1.56 bits per heavy atom. The first kappa shape index (κ1) is 7.51. The summed E-state index contributed by atoms with van der Waals surface area (Å²) in [5.74, 6) is 0. The third-order valence-corrected chi connectivity index (χ3v) is 3.29. The number of thiophene rings is 1. The molecule has 0 unspecified atom stereocenters. The predicted octanol–water partition coefficient (Wildman–Crippen LogP) is 3.92. The quantitative estimate of drug-likeness (QED) is 0.724. The fourth-order valence-corrected chi connectivity index (χ4v) is 3.29. The molecule has 0 saturated carbocycles. The normalized spacial score (nSPS) is 9.56. The molecular formula is C6H4Br2S. The van der Waals surface area contributed by atoms with E-state index in [1.807, 2.05) is 12.1 Å². The molecule has 1 aromatic heterocycles. The number of halogens is 2. The van der Waals surface area contributed by atoms with Crippen LogP contribution in [-0.2, 0) is 0 Å². The van der Waals surface area contributed by atoms with Crippen LogP contribution in [0.25, 0.3) is 6.08 Å². The lowest BCUT2D eigenvalue weighted by molar-refractivity contribution is 1.82. The Morgan fingerprint density at radius 3 is 2.44 bits per heavy atom. The molecule has 1 aromatic rings. The van der Waals surface area contributed by atoms with Gasteiger partial charge in [0.15, 0.2) is 0 Å². The topological polar surface area (TPSA) is 0 Å². The zero-order valence-electron chi connectivity index (χ0n) is 4.53. The molecule has 0 aromatic carbocycles. The molecule has 0 N–H and O–H groups in total. The van der Waals surface area contributed by atoms with Gasteiger partial charge in [-0.2, -0.15) is 0 Å². The summed E-state index contributed by atoms with van der Waals surface area (Å²) >= 11 is 8.41. The van der Waals surface area contributed by atoms with Gasteiger partial charge in [0.1, 0.15) is 0 Å². The van der Waals surface area contributed by atoms with Crippen molar-refractivity contribution in [1.29, 1.82) is 0 Å². The molecule has 0 bridgehead atoms. The van der Waals surface area contributed by atoms with Gasteiger partial charge in [0.05, 0.1) is 7.57 Å². The Morgan fingerprint density at radius 2 is 2.22 bits per heavy atom. The third kappa shape index (κ3) is 1.66. The van der Waals surface area contributed by atoms with Crippen LogP contribution in [0.5, 0.6) is 0 Å². The van der Waals surface area contributed by atoms with Crippen LogP contribution in [0.2, 0.25) is 0 Å². The lowest BCUT2D eigenvalue weighted by Crippen LogP contribution is -1.57. The second kappa shape index (κ2) is 2.99.